The number of thioether (sulfide) groups is 1. The topological polar surface area (TPSA) is 134 Å². The summed E-state index contributed by atoms with van der Waals surface area (Å²) in [5, 5.41) is 12.1. The number of nitrogens with zero attached hydrogens (tertiary/aromatic N) is 6. The highest BCUT2D eigenvalue weighted by Gasteiger charge is 2.16. The van der Waals surface area contributed by atoms with Crippen molar-refractivity contribution >= 4 is 46.0 Å². The van der Waals surface area contributed by atoms with Crippen LogP contribution < -0.4 is 5.32 Å². The molecule has 4 heterocycles. The number of aromatic nitrogens is 7. The fourth-order valence-electron chi connectivity index (χ4n) is 3.11. The van der Waals surface area contributed by atoms with Gasteiger partial charge in [0.2, 0.25) is 0 Å². The third-order valence-electron chi connectivity index (χ3n) is 4.35. The van der Waals surface area contributed by atoms with Gasteiger partial charge in [0.25, 0.3) is 0 Å². The monoisotopic (exact) mass is 418 g/mol. The molecule has 4 aromatic heterocycles. The van der Waals surface area contributed by atoms with E-state index in [0.29, 0.717) is 22.6 Å². The number of hydrogen-bond acceptors (Lipinski definition) is 7. The summed E-state index contributed by atoms with van der Waals surface area (Å²) in [4.78, 5) is 35.9. The number of fused-ring (bicyclic) bond motifs is 2. The van der Waals surface area contributed by atoms with E-state index in [1.165, 1.54) is 18.1 Å². The van der Waals surface area contributed by atoms with Crippen LogP contribution in [0, 0.1) is 0 Å². The average Bonchev–Trinajstić information content (AvgIpc) is 3.37. The molecule has 0 aliphatic rings. The molecule has 5 aromatic rings. The second-order valence-electron chi connectivity index (χ2n) is 6.24. The molecule has 0 radical (unpaired) electrons. The molecule has 0 unspecified atom stereocenters. The zero-order chi connectivity index (χ0) is 20.5. The van der Waals surface area contributed by atoms with Crippen molar-refractivity contribution in [1.82, 2.24) is 34.5 Å². The number of hydrogen-bond donors (Lipinski definition) is 3. The Balaban J connectivity index is 1.58. The molecule has 0 aliphatic heterocycles. The van der Waals surface area contributed by atoms with Gasteiger partial charge in [-0.1, -0.05) is 30.0 Å². The number of nitrogens with one attached hydrogen (secondary N) is 2. The second-order valence-corrected chi connectivity index (χ2v) is 7.20. The Morgan fingerprint density at radius 3 is 2.80 bits per heavy atom. The van der Waals surface area contributed by atoms with Gasteiger partial charge >= 0.3 is 6.09 Å². The summed E-state index contributed by atoms with van der Waals surface area (Å²) >= 11 is 1.50. The first kappa shape index (κ1) is 18.1. The van der Waals surface area contributed by atoms with E-state index in [2.05, 4.69) is 30.2 Å². The fraction of sp³-hybridized carbons (Fsp3) is 0.0526. The summed E-state index contributed by atoms with van der Waals surface area (Å²) in [6, 6.07) is 13.0. The van der Waals surface area contributed by atoms with Gasteiger partial charge in [0, 0.05) is 5.69 Å². The van der Waals surface area contributed by atoms with E-state index in [0.717, 1.165) is 22.1 Å². The summed E-state index contributed by atoms with van der Waals surface area (Å²) in [5.41, 5.74) is 3.49. The van der Waals surface area contributed by atoms with Crippen molar-refractivity contribution in [2.75, 3.05) is 5.32 Å². The van der Waals surface area contributed by atoms with Gasteiger partial charge in [0.15, 0.2) is 11.3 Å². The minimum atomic E-state index is -1.17. The van der Waals surface area contributed by atoms with Gasteiger partial charge in [-0.15, -0.1) is 0 Å². The molecule has 0 bridgehead atoms. The van der Waals surface area contributed by atoms with Gasteiger partial charge in [0.05, 0.1) is 12.1 Å². The molecule has 10 nitrogen and oxygen atoms in total. The summed E-state index contributed by atoms with van der Waals surface area (Å²) in [6.45, 7) is 0. The molecule has 0 fully saturated rings. The first-order valence-corrected chi connectivity index (χ1v) is 9.88. The highest BCUT2D eigenvalue weighted by atomic mass is 32.2. The van der Waals surface area contributed by atoms with Crippen molar-refractivity contribution in [3.05, 3.63) is 60.9 Å². The smallest absolute Gasteiger partial charge is 0.410 e. The lowest BCUT2D eigenvalue weighted by Crippen LogP contribution is -2.09. The molecule has 1 aromatic carbocycles. The highest BCUT2D eigenvalue weighted by Crippen LogP contribution is 2.29. The van der Waals surface area contributed by atoms with E-state index in [1.807, 2.05) is 34.9 Å². The first-order valence-electron chi connectivity index (χ1n) is 8.89. The molecule has 0 aliphatic carbocycles. The predicted molar refractivity (Wildman–Crippen MR) is 112 cm³/mol. The van der Waals surface area contributed by atoms with Crippen LogP contribution in [0.5, 0.6) is 0 Å². The number of amides is 1. The van der Waals surface area contributed by atoms with Gasteiger partial charge in [-0.25, -0.2) is 29.7 Å². The van der Waals surface area contributed by atoms with Crippen molar-refractivity contribution in [3.8, 4) is 5.69 Å². The number of pyridine rings is 1. The van der Waals surface area contributed by atoms with Crippen LogP contribution >= 0.6 is 11.8 Å². The fourth-order valence-corrected chi connectivity index (χ4v) is 3.99. The number of benzene rings is 1. The Labute approximate surface area is 173 Å². The van der Waals surface area contributed by atoms with Crippen LogP contribution in [0.2, 0.25) is 0 Å². The third kappa shape index (κ3) is 3.31. The molecule has 30 heavy (non-hydrogen) atoms. The molecule has 0 saturated heterocycles. The molecule has 3 N–H and O–H groups in total. The summed E-state index contributed by atoms with van der Waals surface area (Å²) in [6.07, 6.45) is 1.90. The molecule has 11 heteroatoms. The third-order valence-corrected chi connectivity index (χ3v) is 5.34. The van der Waals surface area contributed by atoms with Crippen molar-refractivity contribution in [2.45, 2.75) is 10.8 Å². The lowest BCUT2D eigenvalue weighted by molar-refractivity contribution is 0.209. The van der Waals surface area contributed by atoms with Crippen LogP contribution in [0.1, 0.15) is 5.82 Å². The number of carboxylic acid groups (broad SMARTS) is 1. The minimum absolute atomic E-state index is 0.237. The molecule has 0 saturated carbocycles. The number of rotatable bonds is 5. The van der Waals surface area contributed by atoms with Crippen molar-refractivity contribution in [2.24, 2.45) is 0 Å². The van der Waals surface area contributed by atoms with E-state index >= 15 is 0 Å². The van der Waals surface area contributed by atoms with Crippen molar-refractivity contribution < 1.29 is 9.90 Å². The van der Waals surface area contributed by atoms with Gasteiger partial charge in [0.1, 0.15) is 34.0 Å². The van der Waals surface area contributed by atoms with E-state index in [9.17, 15) is 4.79 Å². The molecule has 0 atom stereocenters. The van der Waals surface area contributed by atoms with E-state index in [-0.39, 0.29) is 5.82 Å². The number of aromatic amines is 1. The van der Waals surface area contributed by atoms with Crippen LogP contribution in [0.15, 0.2) is 60.1 Å². The van der Waals surface area contributed by atoms with Crippen LogP contribution in [-0.4, -0.2) is 45.7 Å². The Morgan fingerprint density at radius 1 is 1.10 bits per heavy atom. The van der Waals surface area contributed by atoms with Gasteiger partial charge < -0.3 is 10.1 Å². The highest BCUT2D eigenvalue weighted by molar-refractivity contribution is 7.98. The molecular formula is C19H14N8O2S. The van der Waals surface area contributed by atoms with E-state index < -0.39 is 6.09 Å². The standard InChI is InChI=1S/C19H14N8O2S/c28-19(29)26-13-7-6-12-17(25-13)27(11-4-2-1-3-5-11)14(24-12)8-30-18-15-16(21-9-20-15)22-10-23-18/h1-7,9-10H,8H2,(H,25,26)(H,28,29)(H,20,21,22,23). The average molecular weight is 418 g/mol. The molecule has 1 amide bonds. The summed E-state index contributed by atoms with van der Waals surface area (Å²) < 4.78 is 1.92. The second kappa shape index (κ2) is 7.44. The van der Waals surface area contributed by atoms with Gasteiger partial charge in [-0.3, -0.25) is 9.88 Å². The minimum Gasteiger partial charge on any atom is -0.465 e. The number of anilines is 1. The number of para-hydroxylation sites is 1. The molecule has 0 spiro atoms. The molecular weight excluding hydrogens is 404 g/mol. The Hall–Kier alpha value is -3.99. The molecule has 148 valence electrons. The molecule has 5 rings (SSSR count). The largest absolute Gasteiger partial charge is 0.465 e. The van der Waals surface area contributed by atoms with Crippen molar-refractivity contribution in [1.29, 1.82) is 0 Å². The Morgan fingerprint density at radius 2 is 1.97 bits per heavy atom. The van der Waals surface area contributed by atoms with Crippen LogP contribution in [0.3, 0.4) is 0 Å². The summed E-state index contributed by atoms with van der Waals surface area (Å²) in [7, 11) is 0. The lowest BCUT2D eigenvalue weighted by Gasteiger charge is -2.09. The zero-order valence-corrected chi connectivity index (χ0v) is 16.2. The maximum absolute atomic E-state index is 11.0. The van der Waals surface area contributed by atoms with Gasteiger partial charge in [-0.05, 0) is 24.3 Å². The number of H-pyrrole nitrogens is 1. The van der Waals surface area contributed by atoms with Crippen molar-refractivity contribution in [3.63, 3.8) is 0 Å². The Bertz CT molecular complexity index is 1370. The number of carbonyl (C=O) groups is 1. The van der Waals surface area contributed by atoms with Crippen LogP contribution in [0.25, 0.3) is 28.0 Å². The number of imidazole rings is 2. The normalized spacial score (nSPS) is 11.2. The Kier molecular flexibility index (Phi) is 4.48. The summed E-state index contributed by atoms with van der Waals surface area (Å²) in [5.74, 6) is 1.51. The predicted octanol–water partition coefficient (Wildman–Crippen LogP) is 3.47. The van der Waals surface area contributed by atoms with Crippen LogP contribution in [0.4, 0.5) is 10.6 Å². The first-order chi connectivity index (χ1) is 14.7. The maximum Gasteiger partial charge on any atom is 0.410 e. The van der Waals surface area contributed by atoms with E-state index in [4.69, 9.17) is 10.1 Å². The van der Waals surface area contributed by atoms with E-state index in [1.54, 1.807) is 18.5 Å². The van der Waals surface area contributed by atoms with Crippen LogP contribution in [-0.2, 0) is 5.75 Å². The maximum atomic E-state index is 11.0. The zero-order valence-electron chi connectivity index (χ0n) is 15.4. The SMILES string of the molecule is O=C(O)Nc1ccc2nc(CSc3ncnc4nc[nH]c34)n(-c3ccccc3)c2n1. The van der Waals surface area contributed by atoms with Gasteiger partial charge in [-0.2, -0.15) is 0 Å². The quantitative estimate of drug-likeness (QED) is 0.292. The lowest BCUT2D eigenvalue weighted by atomic mass is 10.3.